The van der Waals surface area contributed by atoms with Crippen molar-refractivity contribution in [3.63, 3.8) is 0 Å². The molecule has 0 aromatic carbocycles. The van der Waals surface area contributed by atoms with Crippen LogP contribution in [0, 0.1) is 0 Å². The number of rotatable bonds is 10. The van der Waals surface area contributed by atoms with Crippen molar-refractivity contribution in [1.82, 2.24) is 0 Å². The van der Waals surface area contributed by atoms with Gasteiger partial charge < -0.3 is 15.2 Å². The van der Waals surface area contributed by atoms with E-state index in [9.17, 15) is 0 Å². The molecule has 0 spiro atoms. The topological polar surface area (TPSA) is 44.5 Å². The number of unbranched alkanes of at least 4 members (excludes halogenated alkanes) is 1. The third-order valence-corrected chi connectivity index (χ3v) is 2.09. The van der Waals surface area contributed by atoms with Crippen LogP contribution in [0.1, 0.15) is 39.5 Å². The summed E-state index contributed by atoms with van der Waals surface area (Å²) in [6.45, 7) is 7.27. The van der Waals surface area contributed by atoms with Gasteiger partial charge in [-0.3, -0.25) is 0 Å². The average molecular weight is 203 g/mol. The summed E-state index contributed by atoms with van der Waals surface area (Å²) < 4.78 is 10.9. The van der Waals surface area contributed by atoms with Gasteiger partial charge in [0.25, 0.3) is 0 Å². The fourth-order valence-corrected chi connectivity index (χ4v) is 1.15. The molecule has 86 valence electrons. The highest BCUT2D eigenvalue weighted by Gasteiger charge is 2.00. The van der Waals surface area contributed by atoms with Gasteiger partial charge in [0.05, 0.1) is 19.3 Å². The van der Waals surface area contributed by atoms with Crippen LogP contribution < -0.4 is 5.73 Å². The van der Waals surface area contributed by atoms with Gasteiger partial charge in [0.1, 0.15) is 0 Å². The lowest BCUT2D eigenvalue weighted by molar-refractivity contribution is 0.00824. The molecular formula is C11H25NO2. The van der Waals surface area contributed by atoms with Gasteiger partial charge in [-0.2, -0.15) is 0 Å². The average Bonchev–Trinajstić information content (AvgIpc) is 2.20. The highest BCUT2D eigenvalue weighted by Crippen LogP contribution is 2.00. The van der Waals surface area contributed by atoms with Gasteiger partial charge in [-0.25, -0.2) is 0 Å². The monoisotopic (exact) mass is 203 g/mol. The van der Waals surface area contributed by atoms with Crippen molar-refractivity contribution in [3.8, 4) is 0 Å². The number of hydrogen-bond donors (Lipinski definition) is 1. The van der Waals surface area contributed by atoms with E-state index in [0.717, 1.165) is 32.4 Å². The Kier molecular flexibility index (Phi) is 10.9. The van der Waals surface area contributed by atoms with Crippen molar-refractivity contribution in [2.45, 2.75) is 45.6 Å². The summed E-state index contributed by atoms with van der Waals surface area (Å²) in [5.41, 5.74) is 5.41. The first-order valence-electron chi connectivity index (χ1n) is 5.70. The minimum Gasteiger partial charge on any atom is -0.379 e. The fourth-order valence-electron chi connectivity index (χ4n) is 1.15. The molecule has 2 N–H and O–H groups in total. The van der Waals surface area contributed by atoms with Crippen LogP contribution in [0.3, 0.4) is 0 Å². The largest absolute Gasteiger partial charge is 0.379 e. The SMILES string of the molecule is CCCCOCCOC(C)CCCN. The summed E-state index contributed by atoms with van der Waals surface area (Å²) in [5, 5.41) is 0. The third kappa shape index (κ3) is 9.96. The van der Waals surface area contributed by atoms with Crippen molar-refractivity contribution in [2.75, 3.05) is 26.4 Å². The van der Waals surface area contributed by atoms with Gasteiger partial charge in [-0.1, -0.05) is 13.3 Å². The van der Waals surface area contributed by atoms with E-state index in [1.54, 1.807) is 0 Å². The van der Waals surface area contributed by atoms with Gasteiger partial charge in [0, 0.05) is 6.61 Å². The smallest absolute Gasteiger partial charge is 0.0704 e. The van der Waals surface area contributed by atoms with E-state index in [1.165, 1.54) is 6.42 Å². The molecule has 0 fully saturated rings. The summed E-state index contributed by atoms with van der Waals surface area (Å²) in [4.78, 5) is 0. The Balaban J connectivity index is 3.02. The quantitative estimate of drug-likeness (QED) is 0.552. The van der Waals surface area contributed by atoms with Gasteiger partial charge in [-0.05, 0) is 32.7 Å². The predicted molar refractivity (Wildman–Crippen MR) is 59.4 cm³/mol. The molecule has 0 aromatic heterocycles. The van der Waals surface area contributed by atoms with E-state index in [-0.39, 0.29) is 0 Å². The maximum atomic E-state index is 5.54. The summed E-state index contributed by atoms with van der Waals surface area (Å²) >= 11 is 0. The molecular weight excluding hydrogens is 178 g/mol. The van der Waals surface area contributed by atoms with Gasteiger partial charge in [0.2, 0.25) is 0 Å². The van der Waals surface area contributed by atoms with Crippen molar-refractivity contribution in [3.05, 3.63) is 0 Å². The van der Waals surface area contributed by atoms with Crippen LogP contribution in [0.4, 0.5) is 0 Å². The Bertz CT molecular complexity index is 109. The molecule has 0 amide bonds. The van der Waals surface area contributed by atoms with Crippen LogP contribution in [-0.4, -0.2) is 32.5 Å². The molecule has 0 bridgehead atoms. The molecule has 14 heavy (non-hydrogen) atoms. The summed E-state index contributed by atoms with van der Waals surface area (Å²) in [5.74, 6) is 0. The highest BCUT2D eigenvalue weighted by molar-refractivity contribution is 4.50. The summed E-state index contributed by atoms with van der Waals surface area (Å²) in [7, 11) is 0. The molecule has 0 aromatic rings. The zero-order valence-electron chi connectivity index (χ0n) is 9.63. The first-order chi connectivity index (χ1) is 6.81. The van der Waals surface area contributed by atoms with Crippen molar-refractivity contribution in [2.24, 2.45) is 5.73 Å². The molecule has 0 radical (unpaired) electrons. The number of nitrogens with two attached hydrogens (primary N) is 1. The molecule has 0 saturated heterocycles. The lowest BCUT2D eigenvalue weighted by Gasteiger charge is -2.12. The Morgan fingerprint density at radius 1 is 1.14 bits per heavy atom. The molecule has 3 nitrogen and oxygen atoms in total. The Hall–Kier alpha value is -0.120. The molecule has 1 unspecified atom stereocenters. The molecule has 0 aliphatic rings. The van der Waals surface area contributed by atoms with E-state index >= 15 is 0 Å². The molecule has 3 heteroatoms. The van der Waals surface area contributed by atoms with Crippen molar-refractivity contribution < 1.29 is 9.47 Å². The molecule has 1 atom stereocenters. The molecule has 0 heterocycles. The molecule has 0 aliphatic carbocycles. The normalized spacial score (nSPS) is 13.1. The fraction of sp³-hybridized carbons (Fsp3) is 1.00. The maximum absolute atomic E-state index is 5.54. The van der Waals surface area contributed by atoms with Crippen LogP contribution >= 0.6 is 0 Å². The van der Waals surface area contributed by atoms with Crippen LogP contribution in [0.15, 0.2) is 0 Å². The lowest BCUT2D eigenvalue weighted by Crippen LogP contribution is -2.14. The van der Waals surface area contributed by atoms with Crippen LogP contribution in [0.2, 0.25) is 0 Å². The van der Waals surface area contributed by atoms with Gasteiger partial charge in [0.15, 0.2) is 0 Å². The zero-order valence-corrected chi connectivity index (χ0v) is 9.63. The van der Waals surface area contributed by atoms with Crippen LogP contribution in [-0.2, 0) is 9.47 Å². The number of hydrogen-bond acceptors (Lipinski definition) is 3. The van der Waals surface area contributed by atoms with E-state index < -0.39 is 0 Å². The maximum Gasteiger partial charge on any atom is 0.0704 e. The molecule has 0 saturated carbocycles. The summed E-state index contributed by atoms with van der Waals surface area (Å²) in [6.07, 6.45) is 4.73. The third-order valence-electron chi connectivity index (χ3n) is 2.09. The summed E-state index contributed by atoms with van der Waals surface area (Å²) in [6, 6.07) is 0. The predicted octanol–water partition coefficient (Wildman–Crippen LogP) is 1.95. The Labute approximate surface area is 88.0 Å². The first kappa shape index (κ1) is 13.9. The number of ether oxygens (including phenoxy) is 2. The standard InChI is InChI=1S/C11H25NO2/c1-3-4-8-13-9-10-14-11(2)6-5-7-12/h11H,3-10,12H2,1-2H3. The second-order valence-electron chi connectivity index (χ2n) is 3.58. The molecule has 0 rings (SSSR count). The zero-order chi connectivity index (χ0) is 10.6. The van der Waals surface area contributed by atoms with Crippen LogP contribution in [0.25, 0.3) is 0 Å². The van der Waals surface area contributed by atoms with Gasteiger partial charge in [-0.15, -0.1) is 0 Å². The molecule has 0 aliphatic heterocycles. The van der Waals surface area contributed by atoms with Gasteiger partial charge >= 0.3 is 0 Å². The minimum atomic E-state index is 0.313. The van der Waals surface area contributed by atoms with Crippen LogP contribution in [0.5, 0.6) is 0 Å². The van der Waals surface area contributed by atoms with Crippen molar-refractivity contribution in [1.29, 1.82) is 0 Å². The van der Waals surface area contributed by atoms with E-state index in [1.807, 2.05) is 0 Å². The van der Waals surface area contributed by atoms with E-state index in [4.69, 9.17) is 15.2 Å². The Morgan fingerprint density at radius 2 is 1.93 bits per heavy atom. The minimum absolute atomic E-state index is 0.313. The van der Waals surface area contributed by atoms with E-state index in [0.29, 0.717) is 19.3 Å². The second-order valence-corrected chi connectivity index (χ2v) is 3.58. The highest BCUT2D eigenvalue weighted by atomic mass is 16.5. The van der Waals surface area contributed by atoms with E-state index in [2.05, 4.69) is 13.8 Å². The lowest BCUT2D eigenvalue weighted by atomic mass is 10.2. The van der Waals surface area contributed by atoms with Crippen molar-refractivity contribution >= 4 is 0 Å². The first-order valence-corrected chi connectivity index (χ1v) is 5.70. The second kappa shape index (κ2) is 11.0. The Morgan fingerprint density at radius 3 is 2.57 bits per heavy atom.